The fraction of sp³-hybridized carbons (Fsp3) is 0.100. The molecule has 0 radical (unpaired) electrons. The van der Waals surface area contributed by atoms with Gasteiger partial charge < -0.3 is 5.73 Å². The topological polar surface area (TPSA) is 79.3 Å². The molecule has 1 aromatic carbocycles. The first-order valence-electron chi connectivity index (χ1n) is 4.22. The van der Waals surface area contributed by atoms with E-state index >= 15 is 0 Å². The fourth-order valence-electron chi connectivity index (χ4n) is 1.42. The molecule has 2 rings (SSSR count). The van der Waals surface area contributed by atoms with Crippen LogP contribution in [0.25, 0.3) is 0 Å². The molecule has 3 N–H and O–H groups in total. The first-order chi connectivity index (χ1) is 6.68. The third-order valence-corrected chi connectivity index (χ3v) is 2.09. The number of para-hydroxylation sites is 1. The molecular formula is C10H9N3O. The van der Waals surface area contributed by atoms with Gasteiger partial charge in [0.1, 0.15) is 11.5 Å². The Morgan fingerprint density at radius 2 is 2.14 bits per heavy atom. The van der Waals surface area contributed by atoms with Crippen molar-refractivity contribution >= 4 is 23.0 Å². The third-order valence-electron chi connectivity index (χ3n) is 2.09. The molecular weight excluding hydrogens is 178 g/mol. The lowest BCUT2D eigenvalue weighted by Gasteiger charge is -2.12. The minimum absolute atomic E-state index is 0.0729. The molecule has 4 nitrogen and oxygen atoms in total. The maximum Gasteiger partial charge on any atom is 0.189 e. The van der Waals surface area contributed by atoms with E-state index in [4.69, 9.17) is 11.1 Å². The predicted molar refractivity (Wildman–Crippen MR) is 54.2 cm³/mol. The number of ketones is 1. The average Bonchev–Trinajstić information content (AvgIpc) is 2.16. The Balaban J connectivity index is 2.54. The molecule has 70 valence electrons. The number of nitrogens with one attached hydrogen (secondary N) is 1. The standard InChI is InChI=1S/C10H9N3O/c11-10(12)9-8(14)5-6-3-1-2-4-7(6)13-9/h1-4H,5H2,(H3,11,12). The molecule has 0 saturated heterocycles. The predicted octanol–water partition coefficient (Wildman–Crippen LogP) is 0.820. The highest BCUT2D eigenvalue weighted by Gasteiger charge is 2.21. The monoisotopic (exact) mass is 187 g/mol. The van der Waals surface area contributed by atoms with E-state index in [0.29, 0.717) is 0 Å². The Labute approximate surface area is 81.0 Å². The van der Waals surface area contributed by atoms with Crippen LogP contribution in [0.4, 0.5) is 5.69 Å². The number of fused-ring (bicyclic) bond motifs is 1. The molecule has 1 heterocycles. The van der Waals surface area contributed by atoms with Crippen LogP contribution in [0.1, 0.15) is 5.56 Å². The van der Waals surface area contributed by atoms with E-state index in [1.807, 2.05) is 24.3 Å². The molecule has 0 bridgehead atoms. The van der Waals surface area contributed by atoms with Gasteiger partial charge in [0.05, 0.1) is 5.69 Å². The van der Waals surface area contributed by atoms with Gasteiger partial charge in [-0.1, -0.05) is 18.2 Å². The Morgan fingerprint density at radius 3 is 2.86 bits per heavy atom. The number of nitrogens with zero attached hydrogens (tertiary/aromatic N) is 1. The molecule has 0 saturated carbocycles. The van der Waals surface area contributed by atoms with Gasteiger partial charge >= 0.3 is 0 Å². The Bertz CT molecular complexity index is 448. The van der Waals surface area contributed by atoms with E-state index in [1.165, 1.54) is 0 Å². The summed E-state index contributed by atoms with van der Waals surface area (Å²) in [5.74, 6) is -0.444. The van der Waals surface area contributed by atoms with Crippen molar-refractivity contribution in [1.82, 2.24) is 0 Å². The minimum atomic E-state index is -0.260. The van der Waals surface area contributed by atoms with Crippen molar-refractivity contribution < 1.29 is 4.79 Å². The largest absolute Gasteiger partial charge is 0.382 e. The van der Waals surface area contributed by atoms with E-state index in [0.717, 1.165) is 11.3 Å². The number of amidine groups is 1. The summed E-state index contributed by atoms with van der Waals surface area (Å²) in [6, 6.07) is 7.37. The molecule has 1 aliphatic heterocycles. The van der Waals surface area contributed by atoms with Gasteiger partial charge in [-0.25, -0.2) is 4.99 Å². The molecule has 0 atom stereocenters. The van der Waals surface area contributed by atoms with Gasteiger partial charge in [0.2, 0.25) is 0 Å². The van der Waals surface area contributed by atoms with Crippen molar-refractivity contribution in [3.63, 3.8) is 0 Å². The van der Waals surface area contributed by atoms with Crippen LogP contribution in [0.2, 0.25) is 0 Å². The summed E-state index contributed by atoms with van der Waals surface area (Å²) < 4.78 is 0. The van der Waals surface area contributed by atoms with Crippen molar-refractivity contribution in [1.29, 1.82) is 5.41 Å². The van der Waals surface area contributed by atoms with Gasteiger partial charge in [-0.2, -0.15) is 0 Å². The second kappa shape index (κ2) is 3.06. The molecule has 4 heteroatoms. The first-order valence-corrected chi connectivity index (χ1v) is 4.22. The summed E-state index contributed by atoms with van der Waals surface area (Å²) in [6.07, 6.45) is 0.286. The molecule has 0 fully saturated rings. The number of rotatable bonds is 1. The highest BCUT2D eigenvalue weighted by Crippen LogP contribution is 2.23. The van der Waals surface area contributed by atoms with Gasteiger partial charge in [0.15, 0.2) is 5.78 Å². The molecule has 0 spiro atoms. The van der Waals surface area contributed by atoms with Gasteiger partial charge in [0.25, 0.3) is 0 Å². The Hall–Kier alpha value is -1.97. The lowest BCUT2D eigenvalue weighted by molar-refractivity contribution is -0.112. The second-order valence-electron chi connectivity index (χ2n) is 3.10. The van der Waals surface area contributed by atoms with Gasteiger partial charge in [-0.05, 0) is 11.6 Å². The highest BCUT2D eigenvalue weighted by atomic mass is 16.1. The Morgan fingerprint density at radius 1 is 1.43 bits per heavy atom. The van der Waals surface area contributed by atoms with Gasteiger partial charge in [0, 0.05) is 6.42 Å². The van der Waals surface area contributed by atoms with Crippen LogP contribution >= 0.6 is 0 Å². The first kappa shape index (κ1) is 8.62. The number of hydrogen-bond acceptors (Lipinski definition) is 3. The van der Waals surface area contributed by atoms with Crippen LogP contribution in [0.15, 0.2) is 29.3 Å². The number of carbonyl (C=O) groups excluding carboxylic acids is 1. The Kier molecular flexibility index (Phi) is 1.89. The van der Waals surface area contributed by atoms with Crippen molar-refractivity contribution in [2.45, 2.75) is 6.42 Å². The normalized spacial score (nSPS) is 14.6. The molecule has 1 aliphatic rings. The summed E-state index contributed by atoms with van der Waals surface area (Å²) in [7, 11) is 0. The summed E-state index contributed by atoms with van der Waals surface area (Å²) in [5.41, 5.74) is 6.94. The number of benzene rings is 1. The number of hydrogen-bond donors (Lipinski definition) is 2. The fourth-order valence-corrected chi connectivity index (χ4v) is 1.42. The van der Waals surface area contributed by atoms with Crippen LogP contribution in [-0.2, 0) is 11.2 Å². The lowest BCUT2D eigenvalue weighted by atomic mass is 10.00. The van der Waals surface area contributed by atoms with Crippen LogP contribution in [0, 0.1) is 5.41 Å². The van der Waals surface area contributed by atoms with Crippen molar-refractivity contribution in [2.75, 3.05) is 0 Å². The zero-order valence-corrected chi connectivity index (χ0v) is 7.45. The average molecular weight is 187 g/mol. The van der Waals surface area contributed by atoms with Gasteiger partial charge in [-0.15, -0.1) is 0 Å². The third kappa shape index (κ3) is 1.31. The maximum atomic E-state index is 11.4. The van der Waals surface area contributed by atoms with E-state index in [9.17, 15) is 4.79 Å². The summed E-state index contributed by atoms with van der Waals surface area (Å²) in [4.78, 5) is 15.5. The zero-order valence-electron chi connectivity index (χ0n) is 7.45. The molecule has 0 amide bonds. The molecule has 14 heavy (non-hydrogen) atoms. The van der Waals surface area contributed by atoms with E-state index in [2.05, 4.69) is 4.99 Å². The highest BCUT2D eigenvalue weighted by molar-refractivity contribution is 6.67. The quantitative estimate of drug-likeness (QED) is 0.504. The van der Waals surface area contributed by atoms with Crippen LogP contribution in [-0.4, -0.2) is 17.3 Å². The zero-order chi connectivity index (χ0) is 10.1. The summed E-state index contributed by atoms with van der Waals surface area (Å²) >= 11 is 0. The molecule has 1 aromatic rings. The number of aliphatic imine (C=N–C) groups is 1. The SMILES string of the molecule is N=C(N)C1=Nc2ccccc2CC1=O. The van der Waals surface area contributed by atoms with Gasteiger partial charge in [-0.3, -0.25) is 10.2 Å². The van der Waals surface area contributed by atoms with Crippen molar-refractivity contribution in [3.05, 3.63) is 29.8 Å². The van der Waals surface area contributed by atoms with Crippen LogP contribution < -0.4 is 5.73 Å². The molecule has 0 unspecified atom stereocenters. The van der Waals surface area contributed by atoms with Crippen molar-refractivity contribution in [3.8, 4) is 0 Å². The number of Topliss-reactive ketones (excluding diaryl/α,β-unsaturated/α-hetero) is 1. The molecule has 0 aromatic heterocycles. The summed E-state index contributed by atoms with van der Waals surface area (Å²) in [6.45, 7) is 0. The number of carbonyl (C=O) groups is 1. The maximum absolute atomic E-state index is 11.4. The van der Waals surface area contributed by atoms with E-state index in [1.54, 1.807) is 0 Å². The van der Waals surface area contributed by atoms with E-state index < -0.39 is 0 Å². The summed E-state index contributed by atoms with van der Waals surface area (Å²) in [5, 5.41) is 7.19. The minimum Gasteiger partial charge on any atom is -0.382 e. The number of nitrogens with two attached hydrogens (primary N) is 1. The van der Waals surface area contributed by atoms with Crippen LogP contribution in [0.5, 0.6) is 0 Å². The lowest BCUT2D eigenvalue weighted by Crippen LogP contribution is -2.32. The smallest absolute Gasteiger partial charge is 0.189 e. The second-order valence-corrected chi connectivity index (χ2v) is 3.10. The molecule has 0 aliphatic carbocycles. The van der Waals surface area contributed by atoms with Crippen LogP contribution in [0.3, 0.4) is 0 Å². The van der Waals surface area contributed by atoms with Crippen molar-refractivity contribution in [2.24, 2.45) is 10.7 Å². The van der Waals surface area contributed by atoms with E-state index in [-0.39, 0.29) is 23.8 Å².